The van der Waals surface area contributed by atoms with E-state index in [0.717, 1.165) is 16.1 Å². The summed E-state index contributed by atoms with van der Waals surface area (Å²) in [6.45, 7) is 3.44. The number of thioether (sulfide) groups is 1. The number of aromatic nitrogens is 4. The van der Waals surface area contributed by atoms with E-state index in [-0.39, 0.29) is 5.91 Å². The van der Waals surface area contributed by atoms with Crippen LogP contribution < -0.4 is 5.32 Å². The van der Waals surface area contributed by atoms with Gasteiger partial charge in [0.2, 0.25) is 11.9 Å². The van der Waals surface area contributed by atoms with Gasteiger partial charge in [0.05, 0.1) is 11.0 Å². The van der Waals surface area contributed by atoms with Crippen molar-refractivity contribution < 1.29 is 4.79 Å². The molecule has 1 N–H and O–H groups in total. The molecule has 0 saturated heterocycles. The van der Waals surface area contributed by atoms with Gasteiger partial charge in [-0.1, -0.05) is 6.58 Å². The first-order valence-electron chi connectivity index (χ1n) is 6.49. The number of benzene rings is 1. The fourth-order valence-corrected chi connectivity index (χ4v) is 2.37. The quantitative estimate of drug-likeness (QED) is 0.455. The second-order valence-electron chi connectivity index (χ2n) is 4.41. The fraction of sp³-hybridized carbons (Fsp3) is 0.0667. The van der Waals surface area contributed by atoms with Crippen LogP contribution in [-0.2, 0) is 4.79 Å². The van der Waals surface area contributed by atoms with Crippen molar-refractivity contribution in [2.45, 2.75) is 5.03 Å². The monoisotopic (exact) mass is 311 g/mol. The van der Waals surface area contributed by atoms with Crippen molar-refractivity contribution in [1.82, 2.24) is 19.5 Å². The van der Waals surface area contributed by atoms with Crippen LogP contribution in [0.2, 0.25) is 0 Å². The number of carbonyl (C=O) groups excluding carboxylic acids is 1. The SMILES string of the molecule is C=CC(=O)Nc1ccc2ncn(-c3nccc(SC)n3)c2c1. The molecule has 6 nitrogen and oxygen atoms in total. The third-order valence-corrected chi connectivity index (χ3v) is 3.69. The van der Waals surface area contributed by atoms with Crippen LogP contribution in [-0.4, -0.2) is 31.7 Å². The molecule has 0 unspecified atom stereocenters. The molecule has 1 aromatic carbocycles. The van der Waals surface area contributed by atoms with E-state index in [9.17, 15) is 4.79 Å². The highest BCUT2D eigenvalue weighted by molar-refractivity contribution is 7.98. The van der Waals surface area contributed by atoms with Crippen LogP contribution in [0.4, 0.5) is 5.69 Å². The minimum absolute atomic E-state index is 0.258. The molecule has 0 aliphatic carbocycles. The molecule has 0 bridgehead atoms. The van der Waals surface area contributed by atoms with Crippen LogP contribution in [0.15, 0.2) is 54.5 Å². The maximum absolute atomic E-state index is 11.4. The molecular formula is C15H13N5OS. The van der Waals surface area contributed by atoms with E-state index in [1.807, 2.05) is 24.5 Å². The van der Waals surface area contributed by atoms with E-state index < -0.39 is 0 Å². The van der Waals surface area contributed by atoms with Gasteiger partial charge in [-0.25, -0.2) is 15.0 Å². The molecule has 0 radical (unpaired) electrons. The van der Waals surface area contributed by atoms with Crippen molar-refractivity contribution >= 4 is 34.4 Å². The molecule has 0 spiro atoms. The number of hydrogen-bond acceptors (Lipinski definition) is 5. The highest BCUT2D eigenvalue weighted by Gasteiger charge is 2.09. The summed E-state index contributed by atoms with van der Waals surface area (Å²) in [5.74, 6) is 0.285. The third-order valence-electron chi connectivity index (χ3n) is 3.04. The maximum Gasteiger partial charge on any atom is 0.247 e. The molecule has 22 heavy (non-hydrogen) atoms. The number of amides is 1. The Balaban J connectivity index is 2.07. The van der Waals surface area contributed by atoms with E-state index in [2.05, 4.69) is 26.8 Å². The van der Waals surface area contributed by atoms with Crippen LogP contribution >= 0.6 is 11.8 Å². The first kappa shape index (κ1) is 14.3. The van der Waals surface area contributed by atoms with Gasteiger partial charge >= 0.3 is 0 Å². The summed E-state index contributed by atoms with van der Waals surface area (Å²) >= 11 is 1.55. The molecular weight excluding hydrogens is 298 g/mol. The van der Waals surface area contributed by atoms with Gasteiger partial charge in [-0.15, -0.1) is 11.8 Å². The zero-order chi connectivity index (χ0) is 15.5. The lowest BCUT2D eigenvalue weighted by Gasteiger charge is -2.05. The van der Waals surface area contributed by atoms with Gasteiger partial charge in [-0.2, -0.15) is 0 Å². The van der Waals surface area contributed by atoms with Crippen molar-refractivity contribution in [1.29, 1.82) is 0 Å². The number of fused-ring (bicyclic) bond motifs is 1. The Bertz CT molecular complexity index is 858. The van der Waals surface area contributed by atoms with Crippen LogP contribution in [0.25, 0.3) is 17.0 Å². The van der Waals surface area contributed by atoms with Gasteiger partial charge < -0.3 is 5.32 Å². The second kappa shape index (κ2) is 5.98. The molecule has 0 atom stereocenters. The van der Waals surface area contributed by atoms with Crippen molar-refractivity contribution in [2.75, 3.05) is 11.6 Å². The summed E-state index contributed by atoms with van der Waals surface area (Å²) in [6, 6.07) is 7.31. The summed E-state index contributed by atoms with van der Waals surface area (Å²) in [5.41, 5.74) is 2.29. The van der Waals surface area contributed by atoms with Crippen molar-refractivity contribution in [3.05, 3.63) is 49.4 Å². The number of nitrogens with zero attached hydrogens (tertiary/aromatic N) is 4. The molecule has 3 rings (SSSR count). The smallest absolute Gasteiger partial charge is 0.247 e. The van der Waals surface area contributed by atoms with Crippen LogP contribution in [0.3, 0.4) is 0 Å². The Morgan fingerprint density at radius 3 is 3.00 bits per heavy atom. The molecule has 7 heteroatoms. The minimum atomic E-state index is -0.258. The van der Waals surface area contributed by atoms with Gasteiger partial charge in [0.15, 0.2) is 0 Å². The molecule has 110 valence electrons. The van der Waals surface area contributed by atoms with Gasteiger partial charge in [0.1, 0.15) is 11.4 Å². The standard InChI is InChI=1S/C15H13N5OS/c1-3-13(21)18-10-4-5-11-12(8-10)20(9-17-11)15-16-7-6-14(19-15)22-2/h3-9H,1H2,2H3,(H,18,21). The first-order chi connectivity index (χ1) is 10.7. The number of anilines is 1. The molecule has 2 aromatic heterocycles. The lowest BCUT2D eigenvalue weighted by molar-refractivity contribution is -0.111. The molecule has 0 aliphatic rings. The van der Waals surface area contributed by atoms with E-state index >= 15 is 0 Å². The Kier molecular flexibility index (Phi) is 3.88. The number of imidazole rings is 1. The largest absolute Gasteiger partial charge is 0.322 e. The Hall–Kier alpha value is -2.67. The number of rotatable bonds is 4. The lowest BCUT2D eigenvalue weighted by Crippen LogP contribution is -2.07. The van der Waals surface area contributed by atoms with Gasteiger partial charge in [0, 0.05) is 11.9 Å². The summed E-state index contributed by atoms with van der Waals surface area (Å²) in [6.07, 6.45) is 6.57. The summed E-state index contributed by atoms with van der Waals surface area (Å²) in [7, 11) is 0. The predicted molar refractivity (Wildman–Crippen MR) is 87.3 cm³/mol. The lowest BCUT2D eigenvalue weighted by atomic mass is 10.2. The van der Waals surface area contributed by atoms with Crippen LogP contribution in [0.5, 0.6) is 0 Å². The average Bonchev–Trinajstić information content (AvgIpc) is 2.98. The number of hydrogen-bond donors (Lipinski definition) is 1. The van der Waals surface area contributed by atoms with E-state index in [0.29, 0.717) is 11.6 Å². The molecule has 1 amide bonds. The van der Waals surface area contributed by atoms with Crippen molar-refractivity contribution in [3.63, 3.8) is 0 Å². The molecule has 0 saturated carbocycles. The van der Waals surface area contributed by atoms with Crippen LogP contribution in [0, 0.1) is 0 Å². The zero-order valence-electron chi connectivity index (χ0n) is 11.9. The highest BCUT2D eigenvalue weighted by Crippen LogP contribution is 2.21. The van der Waals surface area contributed by atoms with E-state index in [1.54, 1.807) is 34.9 Å². The summed E-state index contributed by atoms with van der Waals surface area (Å²) in [4.78, 5) is 24.5. The second-order valence-corrected chi connectivity index (χ2v) is 5.24. The topological polar surface area (TPSA) is 72.7 Å². The zero-order valence-corrected chi connectivity index (χ0v) is 12.7. The minimum Gasteiger partial charge on any atom is -0.322 e. The normalized spacial score (nSPS) is 10.6. The summed E-state index contributed by atoms with van der Waals surface area (Å²) < 4.78 is 1.79. The Morgan fingerprint density at radius 2 is 2.23 bits per heavy atom. The molecule has 2 heterocycles. The van der Waals surface area contributed by atoms with E-state index in [4.69, 9.17) is 0 Å². The molecule has 0 fully saturated rings. The van der Waals surface area contributed by atoms with E-state index in [1.165, 1.54) is 6.08 Å². The highest BCUT2D eigenvalue weighted by atomic mass is 32.2. The van der Waals surface area contributed by atoms with Crippen molar-refractivity contribution in [3.8, 4) is 5.95 Å². The number of carbonyl (C=O) groups is 1. The summed E-state index contributed by atoms with van der Waals surface area (Å²) in [5, 5.41) is 3.61. The van der Waals surface area contributed by atoms with Gasteiger partial charge in [0.25, 0.3) is 0 Å². The third kappa shape index (κ3) is 2.71. The molecule has 0 aliphatic heterocycles. The maximum atomic E-state index is 11.4. The van der Waals surface area contributed by atoms with Crippen LogP contribution in [0.1, 0.15) is 0 Å². The van der Waals surface area contributed by atoms with Crippen molar-refractivity contribution in [2.24, 2.45) is 0 Å². The first-order valence-corrected chi connectivity index (χ1v) is 7.71. The average molecular weight is 311 g/mol. The predicted octanol–water partition coefficient (Wildman–Crippen LogP) is 2.66. The van der Waals surface area contributed by atoms with Gasteiger partial charge in [-0.05, 0) is 36.6 Å². The molecule has 3 aromatic rings. The van der Waals surface area contributed by atoms with Gasteiger partial charge in [-0.3, -0.25) is 9.36 Å². The number of nitrogens with one attached hydrogen (secondary N) is 1. The Labute approximate surface area is 131 Å². The fourth-order valence-electron chi connectivity index (χ4n) is 2.00. The Morgan fingerprint density at radius 1 is 1.36 bits per heavy atom.